The van der Waals surface area contributed by atoms with Crippen molar-refractivity contribution in [2.24, 2.45) is 0 Å². The molecule has 0 unspecified atom stereocenters. The van der Waals surface area contributed by atoms with Crippen LogP contribution in [0.2, 0.25) is 5.02 Å². The summed E-state index contributed by atoms with van der Waals surface area (Å²) in [5, 5.41) is 6.75. The smallest absolute Gasteiger partial charge is 0.255 e. The van der Waals surface area contributed by atoms with E-state index >= 15 is 0 Å². The van der Waals surface area contributed by atoms with Crippen molar-refractivity contribution in [3.8, 4) is 5.75 Å². The summed E-state index contributed by atoms with van der Waals surface area (Å²) in [5.74, 6) is 0.348. The maximum atomic E-state index is 12.4. The first kappa shape index (κ1) is 18.0. The SMILES string of the molecule is COCCOc1ccc(Cl)cc1C(=O)NCCN1CCNCC1. The van der Waals surface area contributed by atoms with Crippen molar-refractivity contribution in [2.45, 2.75) is 0 Å². The van der Waals surface area contributed by atoms with Gasteiger partial charge in [0.15, 0.2) is 0 Å². The second-order valence-corrected chi connectivity index (χ2v) is 5.77. The largest absolute Gasteiger partial charge is 0.490 e. The van der Waals surface area contributed by atoms with Crippen molar-refractivity contribution < 1.29 is 14.3 Å². The average Bonchev–Trinajstić information content (AvgIpc) is 2.57. The Bertz CT molecular complexity index is 507. The molecule has 23 heavy (non-hydrogen) atoms. The molecule has 0 radical (unpaired) electrons. The molecule has 0 saturated carbocycles. The summed E-state index contributed by atoms with van der Waals surface area (Å²) in [5.41, 5.74) is 0.453. The van der Waals surface area contributed by atoms with Gasteiger partial charge in [0.2, 0.25) is 0 Å². The quantitative estimate of drug-likeness (QED) is 0.691. The molecule has 1 saturated heterocycles. The summed E-state index contributed by atoms with van der Waals surface area (Å²) in [6.07, 6.45) is 0. The number of carbonyl (C=O) groups excluding carboxylic acids is 1. The summed E-state index contributed by atoms with van der Waals surface area (Å²) in [6, 6.07) is 5.05. The van der Waals surface area contributed by atoms with Crippen molar-refractivity contribution in [2.75, 3.05) is 59.6 Å². The van der Waals surface area contributed by atoms with Crippen LogP contribution in [0.15, 0.2) is 18.2 Å². The molecule has 0 spiro atoms. The number of methoxy groups -OCH3 is 1. The molecular formula is C16H24ClN3O3. The molecule has 1 heterocycles. The number of hydrogen-bond donors (Lipinski definition) is 2. The molecule has 1 aromatic carbocycles. The lowest BCUT2D eigenvalue weighted by Crippen LogP contribution is -2.46. The molecule has 1 fully saturated rings. The zero-order valence-electron chi connectivity index (χ0n) is 13.4. The average molecular weight is 342 g/mol. The van der Waals surface area contributed by atoms with Gasteiger partial charge in [-0.15, -0.1) is 0 Å². The van der Waals surface area contributed by atoms with Crippen molar-refractivity contribution in [3.05, 3.63) is 28.8 Å². The first-order valence-corrected chi connectivity index (χ1v) is 8.21. The van der Waals surface area contributed by atoms with Crippen molar-refractivity contribution in [1.82, 2.24) is 15.5 Å². The summed E-state index contributed by atoms with van der Waals surface area (Å²) in [4.78, 5) is 14.7. The van der Waals surface area contributed by atoms with Crippen LogP contribution in [0.5, 0.6) is 5.75 Å². The van der Waals surface area contributed by atoms with Crippen LogP contribution in [0, 0.1) is 0 Å². The maximum Gasteiger partial charge on any atom is 0.255 e. The molecule has 2 rings (SSSR count). The van der Waals surface area contributed by atoms with Gasteiger partial charge in [0.25, 0.3) is 5.91 Å². The van der Waals surface area contributed by atoms with Crippen LogP contribution in [0.4, 0.5) is 0 Å². The molecule has 2 N–H and O–H groups in total. The predicted molar refractivity (Wildman–Crippen MR) is 90.5 cm³/mol. The number of hydrogen-bond acceptors (Lipinski definition) is 5. The van der Waals surface area contributed by atoms with E-state index < -0.39 is 0 Å². The Morgan fingerprint density at radius 2 is 2.13 bits per heavy atom. The third-order valence-electron chi connectivity index (χ3n) is 3.65. The van der Waals surface area contributed by atoms with Gasteiger partial charge >= 0.3 is 0 Å². The van der Waals surface area contributed by atoms with E-state index in [-0.39, 0.29) is 5.91 Å². The lowest BCUT2D eigenvalue weighted by molar-refractivity contribution is 0.0939. The first-order chi connectivity index (χ1) is 11.2. The highest BCUT2D eigenvalue weighted by Crippen LogP contribution is 2.22. The van der Waals surface area contributed by atoms with Crippen LogP contribution in [-0.4, -0.2) is 70.4 Å². The molecule has 0 aliphatic carbocycles. The Morgan fingerprint density at radius 3 is 2.87 bits per heavy atom. The molecule has 1 aliphatic rings. The number of piperazine rings is 1. The van der Waals surface area contributed by atoms with Gasteiger partial charge < -0.3 is 20.1 Å². The van der Waals surface area contributed by atoms with Crippen LogP contribution in [0.3, 0.4) is 0 Å². The molecule has 128 valence electrons. The summed E-state index contributed by atoms with van der Waals surface area (Å²) < 4.78 is 10.5. The topological polar surface area (TPSA) is 62.8 Å². The van der Waals surface area contributed by atoms with Gasteiger partial charge in [0, 0.05) is 51.4 Å². The van der Waals surface area contributed by atoms with E-state index in [0.717, 1.165) is 32.7 Å². The fourth-order valence-corrected chi connectivity index (χ4v) is 2.57. The van der Waals surface area contributed by atoms with Gasteiger partial charge in [-0.2, -0.15) is 0 Å². The predicted octanol–water partition coefficient (Wildman–Crippen LogP) is 1.00. The molecule has 7 heteroatoms. The minimum absolute atomic E-state index is 0.171. The van der Waals surface area contributed by atoms with Gasteiger partial charge in [-0.05, 0) is 18.2 Å². The fourth-order valence-electron chi connectivity index (χ4n) is 2.40. The third kappa shape index (κ3) is 5.99. The van der Waals surface area contributed by atoms with Crippen molar-refractivity contribution in [1.29, 1.82) is 0 Å². The standard InChI is InChI=1S/C16H24ClN3O3/c1-22-10-11-23-15-3-2-13(17)12-14(15)16(21)19-6-9-20-7-4-18-5-8-20/h2-3,12,18H,4-11H2,1H3,(H,19,21). The van der Waals surface area contributed by atoms with Crippen molar-refractivity contribution >= 4 is 17.5 Å². The molecule has 0 atom stereocenters. The monoisotopic (exact) mass is 341 g/mol. The zero-order valence-corrected chi connectivity index (χ0v) is 14.2. The van der Waals surface area contributed by atoms with Gasteiger partial charge in [-0.1, -0.05) is 11.6 Å². The van der Waals surface area contributed by atoms with E-state index in [2.05, 4.69) is 15.5 Å². The number of benzene rings is 1. The number of nitrogens with zero attached hydrogens (tertiary/aromatic N) is 1. The number of amides is 1. The minimum Gasteiger partial charge on any atom is -0.490 e. The van der Waals surface area contributed by atoms with Crippen LogP contribution < -0.4 is 15.4 Å². The van der Waals surface area contributed by atoms with E-state index in [9.17, 15) is 4.79 Å². The van der Waals surface area contributed by atoms with Crippen LogP contribution in [0.25, 0.3) is 0 Å². The zero-order chi connectivity index (χ0) is 16.5. The lowest BCUT2D eigenvalue weighted by Gasteiger charge is -2.27. The molecule has 1 aromatic rings. The number of ether oxygens (including phenoxy) is 2. The molecule has 1 aliphatic heterocycles. The number of halogens is 1. The Kier molecular flexibility index (Phi) is 7.61. The number of rotatable bonds is 8. The Hall–Kier alpha value is -1.34. The molecule has 1 amide bonds. The molecule has 0 aromatic heterocycles. The first-order valence-electron chi connectivity index (χ1n) is 7.83. The highest BCUT2D eigenvalue weighted by molar-refractivity contribution is 6.31. The van der Waals surface area contributed by atoms with Gasteiger partial charge in [-0.3, -0.25) is 9.69 Å². The third-order valence-corrected chi connectivity index (χ3v) is 3.89. The van der Waals surface area contributed by atoms with E-state index in [4.69, 9.17) is 21.1 Å². The summed E-state index contributed by atoms with van der Waals surface area (Å²) >= 11 is 6.00. The molecule has 0 bridgehead atoms. The number of carbonyl (C=O) groups is 1. The van der Waals surface area contributed by atoms with E-state index in [1.165, 1.54) is 0 Å². The number of nitrogens with one attached hydrogen (secondary N) is 2. The van der Waals surface area contributed by atoms with Crippen LogP contribution >= 0.6 is 11.6 Å². The fraction of sp³-hybridized carbons (Fsp3) is 0.562. The van der Waals surface area contributed by atoms with Crippen molar-refractivity contribution in [3.63, 3.8) is 0 Å². The maximum absolute atomic E-state index is 12.4. The summed E-state index contributed by atoms with van der Waals surface area (Å²) in [7, 11) is 1.61. The highest BCUT2D eigenvalue weighted by Gasteiger charge is 2.14. The van der Waals surface area contributed by atoms with Crippen LogP contribution in [0.1, 0.15) is 10.4 Å². The van der Waals surface area contributed by atoms with Gasteiger partial charge in [0.05, 0.1) is 12.2 Å². The second kappa shape index (κ2) is 9.72. The Morgan fingerprint density at radius 1 is 1.35 bits per heavy atom. The van der Waals surface area contributed by atoms with Gasteiger partial charge in [0.1, 0.15) is 12.4 Å². The molecular weight excluding hydrogens is 318 g/mol. The van der Waals surface area contributed by atoms with E-state index in [0.29, 0.717) is 36.1 Å². The van der Waals surface area contributed by atoms with E-state index in [1.807, 2.05) is 0 Å². The Balaban J connectivity index is 1.87. The highest BCUT2D eigenvalue weighted by atomic mass is 35.5. The Labute approximate surface area is 142 Å². The molecule has 6 nitrogen and oxygen atoms in total. The summed E-state index contributed by atoms with van der Waals surface area (Å²) in [6.45, 7) is 6.32. The van der Waals surface area contributed by atoms with Crippen LogP contribution in [-0.2, 0) is 4.74 Å². The minimum atomic E-state index is -0.171. The second-order valence-electron chi connectivity index (χ2n) is 5.33. The van der Waals surface area contributed by atoms with E-state index in [1.54, 1.807) is 25.3 Å². The lowest BCUT2D eigenvalue weighted by atomic mass is 10.2. The normalized spacial score (nSPS) is 15.4. The van der Waals surface area contributed by atoms with Gasteiger partial charge in [-0.25, -0.2) is 0 Å².